The van der Waals surface area contributed by atoms with Crippen molar-refractivity contribution in [3.05, 3.63) is 0 Å². The van der Waals surface area contributed by atoms with Crippen LogP contribution in [0.15, 0.2) is 0 Å². The highest BCUT2D eigenvalue weighted by Crippen LogP contribution is 2.09. The van der Waals surface area contributed by atoms with Crippen LogP contribution in [0, 0.1) is 11.8 Å². The predicted octanol–water partition coefficient (Wildman–Crippen LogP) is -0.0298. The van der Waals surface area contributed by atoms with E-state index in [0.717, 1.165) is 6.26 Å². The Labute approximate surface area is 125 Å². The molecule has 4 N–H and O–H groups in total. The van der Waals surface area contributed by atoms with Crippen molar-refractivity contribution in [2.24, 2.45) is 11.8 Å². The van der Waals surface area contributed by atoms with Gasteiger partial charge in [-0.15, -0.1) is 0 Å². The number of hydrogen-bond donors (Lipinski definition) is 4. The maximum absolute atomic E-state index is 11.6. The highest BCUT2D eigenvalue weighted by molar-refractivity contribution is 7.88. The molecule has 0 aliphatic rings. The summed E-state index contributed by atoms with van der Waals surface area (Å²) in [5.74, 6) is -1.74. The van der Waals surface area contributed by atoms with Crippen LogP contribution in [0.4, 0.5) is 4.79 Å². The maximum atomic E-state index is 11.6. The number of urea groups is 1. The standard InChI is InChI=1S/C12H25N3O5S/c1-8(2)9(10(16)17)6-13-11(18)14-7-12(3,4)15-21(5,19)20/h8-9,15H,6-7H2,1-5H3,(H,16,17)(H2,13,14,18). The van der Waals surface area contributed by atoms with Crippen molar-refractivity contribution in [3.8, 4) is 0 Å². The topological polar surface area (TPSA) is 125 Å². The number of carbonyl (C=O) groups is 2. The van der Waals surface area contributed by atoms with Crippen molar-refractivity contribution in [3.63, 3.8) is 0 Å². The maximum Gasteiger partial charge on any atom is 0.314 e. The van der Waals surface area contributed by atoms with Gasteiger partial charge in [0.1, 0.15) is 0 Å². The number of aliphatic carboxylic acids is 1. The van der Waals surface area contributed by atoms with Crippen molar-refractivity contribution in [2.45, 2.75) is 33.2 Å². The van der Waals surface area contributed by atoms with Gasteiger partial charge in [0, 0.05) is 18.6 Å². The quantitative estimate of drug-likeness (QED) is 0.499. The van der Waals surface area contributed by atoms with Crippen molar-refractivity contribution in [2.75, 3.05) is 19.3 Å². The van der Waals surface area contributed by atoms with Gasteiger partial charge in [-0.3, -0.25) is 4.79 Å². The van der Waals surface area contributed by atoms with Crippen LogP contribution in [0.25, 0.3) is 0 Å². The van der Waals surface area contributed by atoms with E-state index in [2.05, 4.69) is 15.4 Å². The number of sulfonamides is 1. The Kier molecular flexibility index (Phi) is 7.11. The molecule has 2 amide bonds. The molecule has 0 aliphatic heterocycles. The molecular formula is C12H25N3O5S. The summed E-state index contributed by atoms with van der Waals surface area (Å²) in [6, 6.07) is -0.537. The normalized spacial score (nSPS) is 13.8. The first-order chi connectivity index (χ1) is 9.34. The summed E-state index contributed by atoms with van der Waals surface area (Å²) in [7, 11) is -3.38. The lowest BCUT2D eigenvalue weighted by Crippen LogP contribution is -2.53. The minimum Gasteiger partial charge on any atom is -0.481 e. The molecule has 0 radical (unpaired) electrons. The van der Waals surface area contributed by atoms with Crippen LogP contribution in [0.2, 0.25) is 0 Å². The third kappa shape index (κ3) is 9.24. The molecule has 124 valence electrons. The second kappa shape index (κ2) is 7.60. The number of rotatable bonds is 8. The average molecular weight is 323 g/mol. The smallest absolute Gasteiger partial charge is 0.314 e. The Morgan fingerprint density at radius 3 is 2.10 bits per heavy atom. The lowest BCUT2D eigenvalue weighted by Gasteiger charge is -2.25. The fourth-order valence-corrected chi connectivity index (χ4v) is 2.79. The first kappa shape index (κ1) is 19.7. The first-order valence-electron chi connectivity index (χ1n) is 6.57. The molecule has 1 unspecified atom stereocenters. The minimum atomic E-state index is -3.38. The largest absolute Gasteiger partial charge is 0.481 e. The zero-order chi connectivity index (χ0) is 16.8. The number of carbonyl (C=O) groups excluding carboxylic acids is 1. The van der Waals surface area contributed by atoms with Crippen LogP contribution in [0.1, 0.15) is 27.7 Å². The van der Waals surface area contributed by atoms with E-state index >= 15 is 0 Å². The molecule has 0 aliphatic carbocycles. The lowest BCUT2D eigenvalue weighted by molar-refractivity contribution is -0.142. The molecule has 0 fully saturated rings. The molecule has 0 spiro atoms. The Balaban J connectivity index is 4.31. The number of carboxylic acids is 1. The van der Waals surface area contributed by atoms with E-state index in [1.54, 1.807) is 27.7 Å². The van der Waals surface area contributed by atoms with Gasteiger partial charge < -0.3 is 15.7 Å². The molecule has 0 aromatic rings. The van der Waals surface area contributed by atoms with E-state index in [9.17, 15) is 18.0 Å². The van der Waals surface area contributed by atoms with Gasteiger partial charge in [0.05, 0.1) is 12.2 Å². The first-order valence-corrected chi connectivity index (χ1v) is 8.46. The second-order valence-electron chi connectivity index (χ2n) is 6.01. The molecule has 8 nitrogen and oxygen atoms in total. The van der Waals surface area contributed by atoms with Gasteiger partial charge in [-0.05, 0) is 19.8 Å². The van der Waals surface area contributed by atoms with Crippen LogP contribution in [0.5, 0.6) is 0 Å². The monoisotopic (exact) mass is 323 g/mol. The Hall–Kier alpha value is -1.35. The summed E-state index contributed by atoms with van der Waals surface area (Å²) in [5.41, 5.74) is -0.838. The molecule has 0 bridgehead atoms. The molecule has 0 heterocycles. The molecule has 9 heteroatoms. The van der Waals surface area contributed by atoms with Crippen LogP contribution >= 0.6 is 0 Å². The zero-order valence-electron chi connectivity index (χ0n) is 13.1. The minimum absolute atomic E-state index is 0.0127. The Morgan fingerprint density at radius 1 is 1.19 bits per heavy atom. The summed E-state index contributed by atoms with van der Waals surface area (Å²) in [5, 5.41) is 14.0. The third-order valence-electron chi connectivity index (χ3n) is 2.76. The van der Waals surface area contributed by atoms with Gasteiger partial charge >= 0.3 is 12.0 Å². The third-order valence-corrected chi connectivity index (χ3v) is 3.68. The summed E-state index contributed by atoms with van der Waals surface area (Å²) >= 11 is 0. The molecule has 0 rings (SSSR count). The van der Waals surface area contributed by atoms with E-state index in [0.29, 0.717) is 0 Å². The van der Waals surface area contributed by atoms with E-state index in [1.165, 1.54) is 0 Å². The molecule has 0 saturated carbocycles. The lowest BCUT2D eigenvalue weighted by atomic mass is 9.96. The molecule has 0 aromatic carbocycles. The molecular weight excluding hydrogens is 298 g/mol. The van der Waals surface area contributed by atoms with E-state index in [-0.39, 0.29) is 19.0 Å². The highest BCUT2D eigenvalue weighted by Gasteiger charge is 2.24. The summed E-state index contributed by atoms with van der Waals surface area (Å²) in [4.78, 5) is 22.6. The van der Waals surface area contributed by atoms with Crippen LogP contribution < -0.4 is 15.4 Å². The van der Waals surface area contributed by atoms with Crippen molar-refractivity contribution >= 4 is 22.0 Å². The van der Waals surface area contributed by atoms with Gasteiger partial charge in [-0.2, -0.15) is 0 Å². The number of nitrogens with one attached hydrogen (secondary N) is 3. The summed E-state index contributed by atoms with van der Waals surface area (Å²) in [6.07, 6.45) is 1.04. The Bertz CT molecular complexity index is 473. The molecule has 0 saturated heterocycles. The van der Waals surface area contributed by atoms with E-state index in [4.69, 9.17) is 5.11 Å². The number of carboxylic acid groups (broad SMARTS) is 1. The molecule has 0 aromatic heterocycles. The van der Waals surface area contributed by atoms with Gasteiger partial charge in [0.2, 0.25) is 10.0 Å². The number of amides is 2. The zero-order valence-corrected chi connectivity index (χ0v) is 13.9. The van der Waals surface area contributed by atoms with Gasteiger partial charge in [-0.1, -0.05) is 13.8 Å². The fourth-order valence-electron chi connectivity index (χ4n) is 1.71. The molecule has 21 heavy (non-hydrogen) atoms. The van der Waals surface area contributed by atoms with Crippen molar-refractivity contribution < 1.29 is 23.1 Å². The summed E-state index contributed by atoms with van der Waals surface area (Å²) < 4.78 is 24.7. The van der Waals surface area contributed by atoms with Crippen LogP contribution in [-0.2, 0) is 14.8 Å². The van der Waals surface area contributed by atoms with Gasteiger partial charge in [0.25, 0.3) is 0 Å². The van der Waals surface area contributed by atoms with Crippen molar-refractivity contribution in [1.82, 2.24) is 15.4 Å². The van der Waals surface area contributed by atoms with E-state index in [1.807, 2.05) is 0 Å². The highest BCUT2D eigenvalue weighted by atomic mass is 32.2. The predicted molar refractivity (Wildman–Crippen MR) is 79.4 cm³/mol. The van der Waals surface area contributed by atoms with Crippen LogP contribution in [0.3, 0.4) is 0 Å². The second-order valence-corrected chi connectivity index (χ2v) is 7.76. The van der Waals surface area contributed by atoms with Crippen LogP contribution in [-0.4, -0.2) is 50.4 Å². The number of hydrogen-bond acceptors (Lipinski definition) is 4. The Morgan fingerprint density at radius 2 is 1.71 bits per heavy atom. The fraction of sp³-hybridized carbons (Fsp3) is 0.833. The SMILES string of the molecule is CC(C)C(CNC(=O)NCC(C)(C)NS(C)(=O)=O)C(=O)O. The average Bonchev–Trinajstić information content (AvgIpc) is 2.22. The van der Waals surface area contributed by atoms with E-state index < -0.39 is 33.5 Å². The molecule has 1 atom stereocenters. The van der Waals surface area contributed by atoms with Gasteiger partial charge in [-0.25, -0.2) is 17.9 Å². The van der Waals surface area contributed by atoms with Gasteiger partial charge in [0.15, 0.2) is 0 Å². The van der Waals surface area contributed by atoms with Crippen molar-refractivity contribution in [1.29, 1.82) is 0 Å². The summed E-state index contributed by atoms with van der Waals surface area (Å²) in [6.45, 7) is 6.87.